The van der Waals surface area contributed by atoms with Crippen LogP contribution >= 0.6 is 0 Å². The maximum absolute atomic E-state index is 11.7. The van der Waals surface area contributed by atoms with E-state index in [1.807, 2.05) is 29.8 Å². The van der Waals surface area contributed by atoms with E-state index in [0.717, 1.165) is 12.8 Å². The molecule has 0 radical (unpaired) electrons. The highest BCUT2D eigenvalue weighted by Crippen LogP contribution is 2.31. The lowest BCUT2D eigenvalue weighted by atomic mass is 9.99. The van der Waals surface area contributed by atoms with Crippen LogP contribution in [-0.2, 0) is 4.79 Å². The van der Waals surface area contributed by atoms with Crippen LogP contribution < -0.4 is 10.6 Å². The summed E-state index contributed by atoms with van der Waals surface area (Å²) in [6.07, 6.45) is 2.22. The van der Waals surface area contributed by atoms with Crippen LogP contribution in [0.1, 0.15) is 44.7 Å². The molecule has 1 aromatic carbocycles. The summed E-state index contributed by atoms with van der Waals surface area (Å²) >= 11 is 0. The smallest absolute Gasteiger partial charge is 0.250 e. The van der Waals surface area contributed by atoms with Crippen LogP contribution in [0.15, 0.2) is 30.3 Å². The monoisotopic (exact) mass is 299 g/mol. The first-order valence-corrected chi connectivity index (χ1v) is 7.75. The van der Waals surface area contributed by atoms with Crippen molar-refractivity contribution < 1.29 is 4.79 Å². The van der Waals surface area contributed by atoms with Crippen molar-refractivity contribution in [2.45, 2.75) is 45.2 Å². The third kappa shape index (κ3) is 2.95. The van der Waals surface area contributed by atoms with Crippen molar-refractivity contribution in [3.8, 4) is 0 Å². The van der Waals surface area contributed by atoms with Crippen LogP contribution in [0.2, 0.25) is 0 Å². The summed E-state index contributed by atoms with van der Waals surface area (Å²) in [5, 5.41) is 10.6. The zero-order chi connectivity index (χ0) is 15.5. The summed E-state index contributed by atoms with van der Waals surface area (Å²) in [6.45, 7) is 4.10. The van der Waals surface area contributed by atoms with Crippen molar-refractivity contribution in [1.29, 1.82) is 0 Å². The third-order valence-electron chi connectivity index (χ3n) is 3.79. The van der Waals surface area contributed by atoms with Crippen molar-refractivity contribution in [2.75, 3.05) is 10.6 Å². The molecule has 3 rings (SSSR count). The molecule has 1 amide bonds. The molecule has 1 aliphatic rings. The molecule has 0 aliphatic carbocycles. The summed E-state index contributed by atoms with van der Waals surface area (Å²) < 4.78 is 1.87. The largest absolute Gasteiger partial charge is 0.352 e. The Morgan fingerprint density at radius 3 is 2.91 bits per heavy atom. The standard InChI is InChI=1S/C16H21N5O/c1-3-7-14(22)18-15-19-16-17-11(2)10-13(21(16)20-15)12-8-5-4-6-9-12/h4-6,8-9,11,13H,3,7,10H2,1-2H3,(H2,17,18,19,20,22)/t11-,13-/m0/s1. The summed E-state index contributed by atoms with van der Waals surface area (Å²) in [4.78, 5) is 16.1. The van der Waals surface area contributed by atoms with Gasteiger partial charge in [-0.2, -0.15) is 4.98 Å². The number of benzene rings is 1. The molecule has 0 saturated carbocycles. The Hall–Kier alpha value is -2.37. The second-order valence-corrected chi connectivity index (χ2v) is 5.71. The van der Waals surface area contributed by atoms with Gasteiger partial charge >= 0.3 is 0 Å². The lowest BCUT2D eigenvalue weighted by Crippen LogP contribution is -2.31. The number of anilines is 2. The molecular weight excluding hydrogens is 278 g/mol. The van der Waals surface area contributed by atoms with E-state index >= 15 is 0 Å². The number of hydrogen-bond acceptors (Lipinski definition) is 4. The van der Waals surface area contributed by atoms with E-state index < -0.39 is 0 Å². The summed E-state index contributed by atoms with van der Waals surface area (Å²) in [5.41, 5.74) is 1.20. The fraction of sp³-hybridized carbons (Fsp3) is 0.438. The predicted octanol–water partition coefficient (Wildman–Crippen LogP) is 2.81. The van der Waals surface area contributed by atoms with Gasteiger partial charge in [-0.1, -0.05) is 37.3 Å². The van der Waals surface area contributed by atoms with Gasteiger partial charge < -0.3 is 5.32 Å². The van der Waals surface area contributed by atoms with Gasteiger partial charge in [-0.25, -0.2) is 4.68 Å². The molecule has 2 heterocycles. The fourth-order valence-corrected chi connectivity index (χ4v) is 2.77. The lowest BCUT2D eigenvalue weighted by molar-refractivity contribution is -0.116. The molecule has 2 aromatic rings. The number of amides is 1. The number of fused-ring (bicyclic) bond motifs is 1. The molecule has 2 atom stereocenters. The molecule has 0 unspecified atom stereocenters. The number of hydrogen-bond donors (Lipinski definition) is 2. The Labute approximate surface area is 129 Å². The van der Waals surface area contributed by atoms with E-state index in [4.69, 9.17) is 0 Å². The average Bonchev–Trinajstić information content (AvgIpc) is 2.89. The van der Waals surface area contributed by atoms with Crippen LogP contribution in [0, 0.1) is 0 Å². The van der Waals surface area contributed by atoms with E-state index in [9.17, 15) is 4.79 Å². The minimum absolute atomic E-state index is 0.0465. The Morgan fingerprint density at radius 1 is 1.41 bits per heavy atom. The highest BCUT2D eigenvalue weighted by molar-refractivity contribution is 5.88. The maximum Gasteiger partial charge on any atom is 0.250 e. The number of aromatic nitrogens is 3. The van der Waals surface area contributed by atoms with Gasteiger partial charge in [0.25, 0.3) is 5.95 Å². The Morgan fingerprint density at radius 2 is 2.18 bits per heavy atom. The van der Waals surface area contributed by atoms with Gasteiger partial charge in [0.15, 0.2) is 0 Å². The van der Waals surface area contributed by atoms with Crippen LogP contribution in [0.25, 0.3) is 0 Å². The zero-order valence-electron chi connectivity index (χ0n) is 12.9. The average molecular weight is 299 g/mol. The van der Waals surface area contributed by atoms with Gasteiger partial charge in [-0.05, 0) is 25.3 Å². The molecule has 6 heteroatoms. The molecule has 0 bridgehead atoms. The highest BCUT2D eigenvalue weighted by Gasteiger charge is 2.28. The topological polar surface area (TPSA) is 71.8 Å². The molecule has 22 heavy (non-hydrogen) atoms. The Kier molecular flexibility index (Phi) is 4.09. The van der Waals surface area contributed by atoms with E-state index in [2.05, 4.69) is 39.8 Å². The molecule has 6 nitrogen and oxygen atoms in total. The van der Waals surface area contributed by atoms with Crippen LogP contribution in [-0.4, -0.2) is 26.7 Å². The summed E-state index contributed by atoms with van der Waals surface area (Å²) in [7, 11) is 0. The van der Waals surface area contributed by atoms with Gasteiger partial charge in [0.05, 0.1) is 6.04 Å². The van der Waals surface area contributed by atoms with Crippen molar-refractivity contribution in [1.82, 2.24) is 14.8 Å². The first-order chi connectivity index (χ1) is 10.7. The Balaban J connectivity index is 1.89. The normalized spacial score (nSPS) is 20.1. The van der Waals surface area contributed by atoms with E-state index in [-0.39, 0.29) is 11.9 Å². The predicted molar refractivity (Wildman–Crippen MR) is 85.8 cm³/mol. The van der Waals surface area contributed by atoms with Crippen molar-refractivity contribution >= 4 is 17.8 Å². The SMILES string of the molecule is CCCC(=O)Nc1nc2n(n1)[C@H](c1ccccc1)C[C@H](C)N2. The number of nitrogens with zero attached hydrogens (tertiary/aromatic N) is 3. The first-order valence-electron chi connectivity index (χ1n) is 7.75. The van der Waals surface area contributed by atoms with Crippen LogP contribution in [0.5, 0.6) is 0 Å². The minimum Gasteiger partial charge on any atom is -0.352 e. The number of carbonyl (C=O) groups is 1. The van der Waals surface area contributed by atoms with Gasteiger partial charge in [-0.3, -0.25) is 10.1 Å². The zero-order valence-corrected chi connectivity index (χ0v) is 12.9. The minimum atomic E-state index is -0.0465. The second-order valence-electron chi connectivity index (χ2n) is 5.71. The maximum atomic E-state index is 11.7. The molecule has 1 aromatic heterocycles. The first kappa shape index (κ1) is 14.6. The summed E-state index contributed by atoms with van der Waals surface area (Å²) in [5.74, 6) is 1.03. The van der Waals surface area contributed by atoms with Gasteiger partial charge in [0.1, 0.15) is 0 Å². The summed E-state index contributed by atoms with van der Waals surface area (Å²) in [6, 6.07) is 10.7. The van der Waals surface area contributed by atoms with Gasteiger partial charge in [0, 0.05) is 12.5 Å². The molecular formula is C16H21N5O. The van der Waals surface area contributed by atoms with E-state index in [0.29, 0.717) is 24.4 Å². The Bertz CT molecular complexity index is 652. The van der Waals surface area contributed by atoms with Crippen LogP contribution in [0.3, 0.4) is 0 Å². The van der Waals surface area contributed by atoms with Crippen LogP contribution in [0.4, 0.5) is 11.9 Å². The number of nitrogens with one attached hydrogen (secondary N) is 2. The van der Waals surface area contributed by atoms with E-state index in [1.54, 1.807) is 0 Å². The van der Waals surface area contributed by atoms with E-state index in [1.165, 1.54) is 5.56 Å². The van der Waals surface area contributed by atoms with Gasteiger partial charge in [-0.15, -0.1) is 5.10 Å². The lowest BCUT2D eigenvalue weighted by Gasteiger charge is -2.29. The number of rotatable bonds is 4. The molecule has 0 saturated heterocycles. The number of carbonyl (C=O) groups excluding carboxylic acids is 1. The molecule has 0 fully saturated rings. The van der Waals surface area contributed by atoms with Gasteiger partial charge in [0.2, 0.25) is 11.9 Å². The van der Waals surface area contributed by atoms with Crippen molar-refractivity contribution in [3.05, 3.63) is 35.9 Å². The fourth-order valence-electron chi connectivity index (χ4n) is 2.77. The molecule has 1 aliphatic heterocycles. The third-order valence-corrected chi connectivity index (χ3v) is 3.79. The van der Waals surface area contributed by atoms with Crippen molar-refractivity contribution in [3.63, 3.8) is 0 Å². The highest BCUT2D eigenvalue weighted by atomic mass is 16.1. The molecule has 0 spiro atoms. The quantitative estimate of drug-likeness (QED) is 0.910. The molecule has 2 N–H and O–H groups in total. The second kappa shape index (κ2) is 6.17. The molecule has 116 valence electrons. The van der Waals surface area contributed by atoms with Crippen molar-refractivity contribution in [2.24, 2.45) is 0 Å².